The molecule has 24 heavy (non-hydrogen) atoms. The van der Waals surface area contributed by atoms with Crippen molar-refractivity contribution in [3.8, 4) is 0 Å². The molecule has 126 valence electrons. The number of hydrogen-bond donors (Lipinski definition) is 1. The second-order valence-electron chi connectivity index (χ2n) is 4.88. The number of aryl methyl sites for hydroxylation is 2. The van der Waals surface area contributed by atoms with Gasteiger partial charge >= 0.3 is 5.82 Å². The first kappa shape index (κ1) is 17.5. The molecule has 11 heteroatoms. The lowest BCUT2D eigenvalue weighted by Gasteiger charge is -2.07. The van der Waals surface area contributed by atoms with E-state index in [2.05, 4.69) is 26.3 Å². The highest BCUT2D eigenvalue weighted by Crippen LogP contribution is 2.23. The van der Waals surface area contributed by atoms with Crippen molar-refractivity contribution in [3.63, 3.8) is 0 Å². The molecule has 1 amide bonds. The Labute approximate surface area is 143 Å². The van der Waals surface area contributed by atoms with E-state index in [-0.39, 0.29) is 34.9 Å². The fourth-order valence-electron chi connectivity index (χ4n) is 1.96. The molecule has 0 fully saturated rings. The van der Waals surface area contributed by atoms with Gasteiger partial charge < -0.3 is 15.4 Å². The normalized spacial score (nSPS) is 10.4. The van der Waals surface area contributed by atoms with Gasteiger partial charge in [0.25, 0.3) is 5.69 Å². The molecule has 0 aliphatic rings. The summed E-state index contributed by atoms with van der Waals surface area (Å²) >= 11 is 3.03. The van der Waals surface area contributed by atoms with Crippen LogP contribution in [0.25, 0.3) is 0 Å². The lowest BCUT2D eigenvalue weighted by atomic mass is 10.1. The Morgan fingerprint density at radius 3 is 2.58 bits per heavy atom. The van der Waals surface area contributed by atoms with Gasteiger partial charge in [0.1, 0.15) is 4.47 Å². The highest BCUT2D eigenvalue weighted by atomic mass is 79.9. The van der Waals surface area contributed by atoms with Crippen LogP contribution in [0.3, 0.4) is 0 Å². The van der Waals surface area contributed by atoms with Gasteiger partial charge in [0.2, 0.25) is 5.91 Å². The first-order valence-electron chi connectivity index (χ1n) is 6.70. The average Bonchev–Trinajstić information content (AvgIpc) is 2.88. The summed E-state index contributed by atoms with van der Waals surface area (Å²) in [5, 5.41) is 27.8. The van der Waals surface area contributed by atoms with E-state index in [0.29, 0.717) is 11.3 Å². The third-order valence-electron chi connectivity index (χ3n) is 3.13. The third kappa shape index (κ3) is 4.13. The topological polar surface area (TPSA) is 133 Å². The van der Waals surface area contributed by atoms with Gasteiger partial charge in [0.15, 0.2) is 0 Å². The number of amides is 1. The molecular formula is C13H12BrN5O5. The second-order valence-corrected chi connectivity index (χ2v) is 5.73. The van der Waals surface area contributed by atoms with Gasteiger partial charge in [-0.1, -0.05) is 0 Å². The minimum Gasteiger partial charge on any atom is -0.358 e. The van der Waals surface area contributed by atoms with Gasteiger partial charge in [-0.25, -0.2) is 0 Å². The number of carbonyl (C=O) groups excluding carboxylic acids is 1. The Hall–Kier alpha value is -2.82. The Balaban J connectivity index is 1.97. The molecule has 0 aliphatic heterocycles. The Kier molecular flexibility index (Phi) is 5.24. The first-order valence-corrected chi connectivity index (χ1v) is 7.49. The van der Waals surface area contributed by atoms with Crippen LogP contribution < -0.4 is 5.32 Å². The highest BCUT2D eigenvalue weighted by Gasteiger charge is 2.19. The number of non-ortho nitro benzene ring substituents is 1. The van der Waals surface area contributed by atoms with Gasteiger partial charge in [-0.05, 0) is 39.4 Å². The molecule has 0 radical (unpaired) electrons. The molecule has 0 aliphatic carbocycles. The average molecular weight is 398 g/mol. The smallest absolute Gasteiger partial charge is 0.358 e. The van der Waals surface area contributed by atoms with Crippen LogP contribution in [-0.4, -0.2) is 25.5 Å². The number of carbonyl (C=O) groups is 1. The van der Waals surface area contributed by atoms with Crippen molar-refractivity contribution in [2.24, 2.45) is 0 Å². The van der Waals surface area contributed by atoms with Crippen LogP contribution in [0.15, 0.2) is 28.9 Å². The summed E-state index contributed by atoms with van der Waals surface area (Å²) in [7, 11) is 0. The Morgan fingerprint density at radius 1 is 1.33 bits per heavy atom. The number of nitro groups is 2. The molecular weight excluding hydrogens is 386 g/mol. The summed E-state index contributed by atoms with van der Waals surface area (Å²) in [6.45, 7) is 1.81. The predicted octanol–water partition coefficient (Wildman–Crippen LogP) is 2.80. The highest BCUT2D eigenvalue weighted by molar-refractivity contribution is 9.10. The lowest BCUT2D eigenvalue weighted by molar-refractivity contribution is -0.390. The summed E-state index contributed by atoms with van der Waals surface area (Å²) in [5.74, 6) is -0.650. The number of hydrogen-bond acceptors (Lipinski definition) is 6. The molecule has 0 bridgehead atoms. The number of aromatic nitrogens is 2. The minimum atomic E-state index is -0.624. The van der Waals surface area contributed by atoms with E-state index in [1.165, 1.54) is 29.1 Å². The number of nitro benzene ring substituents is 1. The number of nitrogens with zero attached hydrogens (tertiary/aromatic N) is 4. The first-order chi connectivity index (χ1) is 11.3. The fraction of sp³-hybridized carbons (Fsp3) is 0.231. The molecule has 0 saturated heterocycles. The van der Waals surface area contributed by atoms with Crippen molar-refractivity contribution in [1.29, 1.82) is 0 Å². The van der Waals surface area contributed by atoms with Crippen LogP contribution in [0.4, 0.5) is 17.2 Å². The summed E-state index contributed by atoms with van der Waals surface area (Å²) in [6, 6.07) is 4.13. The molecule has 0 unspecified atom stereocenters. The summed E-state index contributed by atoms with van der Waals surface area (Å²) in [6.07, 6.45) is 1.46. The van der Waals surface area contributed by atoms with Crippen LogP contribution in [0.5, 0.6) is 0 Å². The molecule has 2 aromatic rings. The molecule has 1 heterocycles. The lowest BCUT2D eigenvalue weighted by Crippen LogP contribution is -2.15. The summed E-state index contributed by atoms with van der Waals surface area (Å²) in [4.78, 5) is 32.2. The van der Waals surface area contributed by atoms with Gasteiger partial charge in [-0.15, -0.1) is 0 Å². The van der Waals surface area contributed by atoms with E-state index >= 15 is 0 Å². The SMILES string of the molecule is Cc1cc([N+](=O)[O-])ccc1NC(=O)CCn1cc(Br)c([N+](=O)[O-])n1. The molecule has 0 spiro atoms. The van der Waals surface area contributed by atoms with E-state index in [4.69, 9.17) is 0 Å². The maximum absolute atomic E-state index is 12.0. The van der Waals surface area contributed by atoms with E-state index in [1.54, 1.807) is 6.92 Å². The zero-order chi connectivity index (χ0) is 17.9. The van der Waals surface area contributed by atoms with Crippen LogP contribution >= 0.6 is 15.9 Å². The molecule has 10 nitrogen and oxygen atoms in total. The Bertz CT molecular complexity index is 819. The van der Waals surface area contributed by atoms with E-state index < -0.39 is 9.85 Å². The zero-order valence-corrected chi connectivity index (χ0v) is 14.0. The van der Waals surface area contributed by atoms with Crippen molar-refractivity contribution in [3.05, 3.63) is 54.7 Å². The van der Waals surface area contributed by atoms with E-state index in [9.17, 15) is 25.0 Å². The molecule has 0 atom stereocenters. The summed E-state index contributed by atoms with van der Waals surface area (Å²) < 4.78 is 1.53. The van der Waals surface area contributed by atoms with Crippen LogP contribution in [0.1, 0.15) is 12.0 Å². The summed E-state index contributed by atoms with van der Waals surface area (Å²) in [5.41, 5.74) is 0.979. The zero-order valence-electron chi connectivity index (χ0n) is 12.4. The van der Waals surface area contributed by atoms with Crippen molar-refractivity contribution < 1.29 is 14.6 Å². The van der Waals surface area contributed by atoms with Crippen LogP contribution in [0.2, 0.25) is 0 Å². The monoisotopic (exact) mass is 397 g/mol. The van der Waals surface area contributed by atoms with E-state index in [0.717, 1.165) is 0 Å². The molecule has 0 saturated carbocycles. The number of rotatable bonds is 6. The van der Waals surface area contributed by atoms with Crippen LogP contribution in [0, 0.1) is 27.2 Å². The second kappa shape index (κ2) is 7.17. The Morgan fingerprint density at radius 2 is 2.04 bits per heavy atom. The fourth-order valence-corrected chi connectivity index (χ4v) is 2.42. The predicted molar refractivity (Wildman–Crippen MR) is 87.7 cm³/mol. The van der Waals surface area contributed by atoms with Crippen molar-refractivity contribution in [2.75, 3.05) is 5.32 Å². The third-order valence-corrected chi connectivity index (χ3v) is 3.69. The number of nitrogens with one attached hydrogen (secondary N) is 1. The quantitative estimate of drug-likeness (QED) is 0.588. The number of halogens is 1. The maximum atomic E-state index is 12.0. The van der Waals surface area contributed by atoms with Gasteiger partial charge in [0.05, 0.1) is 22.8 Å². The maximum Gasteiger partial charge on any atom is 0.404 e. The van der Waals surface area contributed by atoms with Gasteiger partial charge in [0, 0.05) is 24.2 Å². The van der Waals surface area contributed by atoms with Gasteiger partial charge in [-0.3, -0.25) is 14.9 Å². The van der Waals surface area contributed by atoms with E-state index in [1.807, 2.05) is 0 Å². The largest absolute Gasteiger partial charge is 0.404 e. The number of anilines is 1. The molecule has 1 N–H and O–H groups in total. The standard InChI is InChI=1S/C13H12BrN5O5/c1-8-6-9(18(21)22)2-3-11(8)15-12(20)4-5-17-7-10(14)13(16-17)19(23)24/h2-3,6-7H,4-5H2,1H3,(H,15,20). The van der Waals surface area contributed by atoms with Gasteiger partial charge in [-0.2, -0.15) is 4.68 Å². The van der Waals surface area contributed by atoms with Crippen molar-refractivity contribution in [1.82, 2.24) is 9.78 Å². The van der Waals surface area contributed by atoms with Crippen molar-refractivity contribution >= 4 is 39.0 Å². The number of benzene rings is 1. The molecule has 1 aromatic heterocycles. The molecule has 2 rings (SSSR count). The molecule has 1 aromatic carbocycles. The minimum absolute atomic E-state index is 0.0434. The van der Waals surface area contributed by atoms with Crippen molar-refractivity contribution in [2.45, 2.75) is 19.9 Å². The van der Waals surface area contributed by atoms with Crippen LogP contribution in [-0.2, 0) is 11.3 Å².